The lowest BCUT2D eigenvalue weighted by atomic mass is 10.0. The van der Waals surface area contributed by atoms with Crippen LogP contribution < -0.4 is 5.32 Å². The molecule has 0 aromatic heterocycles. The Bertz CT molecular complexity index is 517. The SMILES string of the molecule is CC1CCC(CCC(=O)NC(CCC(=O)O)c2ccccc2)O1. The standard InChI is InChI=1S/C18H25NO4/c1-13-7-8-15(23-13)9-11-17(20)19-16(10-12-18(21)22)14-5-3-2-4-6-14/h2-6,13,15-16H,7-12H2,1H3,(H,19,20)(H,21,22). The summed E-state index contributed by atoms with van der Waals surface area (Å²) in [5, 5.41) is 11.9. The smallest absolute Gasteiger partial charge is 0.303 e. The van der Waals surface area contributed by atoms with Crippen molar-refractivity contribution < 1.29 is 19.4 Å². The minimum atomic E-state index is -0.853. The average Bonchev–Trinajstić information content (AvgIpc) is 2.95. The molecule has 1 aliphatic rings. The Morgan fingerprint density at radius 2 is 2.00 bits per heavy atom. The molecule has 3 atom stereocenters. The summed E-state index contributed by atoms with van der Waals surface area (Å²) in [5.41, 5.74) is 0.938. The van der Waals surface area contributed by atoms with E-state index >= 15 is 0 Å². The number of nitrogens with one attached hydrogen (secondary N) is 1. The summed E-state index contributed by atoms with van der Waals surface area (Å²) in [7, 11) is 0. The maximum Gasteiger partial charge on any atom is 0.303 e. The summed E-state index contributed by atoms with van der Waals surface area (Å²) >= 11 is 0. The summed E-state index contributed by atoms with van der Waals surface area (Å²) in [6, 6.07) is 9.25. The van der Waals surface area contributed by atoms with Gasteiger partial charge < -0.3 is 15.2 Å². The molecule has 2 N–H and O–H groups in total. The summed E-state index contributed by atoms with van der Waals surface area (Å²) in [5.74, 6) is -0.902. The van der Waals surface area contributed by atoms with Gasteiger partial charge >= 0.3 is 5.97 Å². The Balaban J connectivity index is 1.86. The first-order chi connectivity index (χ1) is 11.0. The van der Waals surface area contributed by atoms with E-state index in [1.54, 1.807) is 0 Å². The molecule has 1 saturated heterocycles. The van der Waals surface area contributed by atoms with E-state index in [2.05, 4.69) is 12.2 Å². The van der Waals surface area contributed by atoms with Crippen molar-refractivity contribution >= 4 is 11.9 Å². The van der Waals surface area contributed by atoms with Crippen molar-refractivity contribution in [2.75, 3.05) is 0 Å². The van der Waals surface area contributed by atoms with E-state index in [-0.39, 0.29) is 30.6 Å². The van der Waals surface area contributed by atoms with Crippen LogP contribution in [-0.4, -0.2) is 29.2 Å². The maximum absolute atomic E-state index is 12.2. The number of benzene rings is 1. The number of carbonyl (C=O) groups excluding carboxylic acids is 1. The maximum atomic E-state index is 12.2. The van der Waals surface area contributed by atoms with Crippen LogP contribution in [0, 0.1) is 0 Å². The molecule has 0 saturated carbocycles. The van der Waals surface area contributed by atoms with Gasteiger partial charge in [-0.3, -0.25) is 9.59 Å². The Kier molecular flexibility index (Phi) is 6.59. The number of ether oxygens (including phenoxy) is 1. The van der Waals surface area contributed by atoms with E-state index in [1.165, 1.54) is 0 Å². The molecule has 0 aliphatic carbocycles. The van der Waals surface area contributed by atoms with Gasteiger partial charge in [-0.25, -0.2) is 0 Å². The number of hydrogen-bond donors (Lipinski definition) is 2. The molecule has 5 nitrogen and oxygen atoms in total. The highest BCUT2D eigenvalue weighted by molar-refractivity contribution is 5.76. The Morgan fingerprint density at radius 3 is 2.61 bits per heavy atom. The van der Waals surface area contributed by atoms with Crippen molar-refractivity contribution in [3.05, 3.63) is 35.9 Å². The third-order valence-corrected chi connectivity index (χ3v) is 4.20. The van der Waals surface area contributed by atoms with Crippen LogP contribution in [0.15, 0.2) is 30.3 Å². The van der Waals surface area contributed by atoms with Crippen LogP contribution in [0.5, 0.6) is 0 Å². The predicted octanol–water partition coefficient (Wildman–Crippen LogP) is 3.06. The first kappa shape index (κ1) is 17.5. The molecule has 1 aromatic rings. The van der Waals surface area contributed by atoms with Crippen LogP contribution in [0.3, 0.4) is 0 Å². The molecular formula is C18H25NO4. The van der Waals surface area contributed by atoms with Crippen LogP contribution >= 0.6 is 0 Å². The molecule has 0 radical (unpaired) electrons. The van der Waals surface area contributed by atoms with Gasteiger partial charge in [0.05, 0.1) is 18.2 Å². The highest BCUT2D eigenvalue weighted by Gasteiger charge is 2.23. The first-order valence-corrected chi connectivity index (χ1v) is 8.26. The monoisotopic (exact) mass is 319 g/mol. The van der Waals surface area contributed by atoms with Crippen LogP contribution in [0.4, 0.5) is 0 Å². The van der Waals surface area contributed by atoms with Crippen LogP contribution in [0.1, 0.15) is 57.1 Å². The van der Waals surface area contributed by atoms with Gasteiger partial charge in [-0.05, 0) is 38.2 Å². The van der Waals surface area contributed by atoms with Crippen molar-refractivity contribution in [3.8, 4) is 0 Å². The van der Waals surface area contributed by atoms with Gasteiger partial charge in [-0.15, -0.1) is 0 Å². The summed E-state index contributed by atoms with van der Waals surface area (Å²) in [6.45, 7) is 2.05. The highest BCUT2D eigenvalue weighted by Crippen LogP contribution is 2.23. The number of aliphatic carboxylic acids is 1. The molecule has 0 bridgehead atoms. The van der Waals surface area contributed by atoms with Gasteiger partial charge in [0.2, 0.25) is 5.91 Å². The van der Waals surface area contributed by atoms with Crippen LogP contribution in [-0.2, 0) is 14.3 Å². The van der Waals surface area contributed by atoms with Crippen molar-refractivity contribution in [1.82, 2.24) is 5.32 Å². The first-order valence-electron chi connectivity index (χ1n) is 8.26. The zero-order valence-electron chi connectivity index (χ0n) is 13.5. The number of carboxylic acid groups (broad SMARTS) is 1. The number of hydrogen-bond acceptors (Lipinski definition) is 3. The zero-order valence-corrected chi connectivity index (χ0v) is 13.5. The van der Waals surface area contributed by atoms with E-state index in [1.807, 2.05) is 30.3 Å². The molecule has 5 heteroatoms. The number of carbonyl (C=O) groups is 2. The normalized spacial score (nSPS) is 21.8. The molecule has 23 heavy (non-hydrogen) atoms. The second-order valence-electron chi connectivity index (χ2n) is 6.15. The van der Waals surface area contributed by atoms with Gasteiger partial charge in [-0.2, -0.15) is 0 Å². The predicted molar refractivity (Wildman–Crippen MR) is 87.0 cm³/mol. The van der Waals surface area contributed by atoms with Crippen molar-refractivity contribution in [1.29, 1.82) is 0 Å². The number of rotatable bonds is 8. The third-order valence-electron chi connectivity index (χ3n) is 4.20. The van der Waals surface area contributed by atoms with Crippen LogP contribution in [0.2, 0.25) is 0 Å². The largest absolute Gasteiger partial charge is 0.481 e. The quantitative estimate of drug-likeness (QED) is 0.772. The number of carboxylic acids is 1. The summed E-state index contributed by atoms with van der Waals surface area (Å²) in [6.07, 6.45) is 4.07. The highest BCUT2D eigenvalue weighted by atomic mass is 16.5. The molecule has 126 valence electrons. The summed E-state index contributed by atoms with van der Waals surface area (Å²) in [4.78, 5) is 23.0. The van der Waals surface area contributed by atoms with E-state index in [9.17, 15) is 9.59 Å². The third kappa shape index (κ3) is 6.02. The fourth-order valence-electron chi connectivity index (χ4n) is 2.93. The van der Waals surface area contributed by atoms with E-state index in [0.29, 0.717) is 12.8 Å². The van der Waals surface area contributed by atoms with E-state index in [0.717, 1.165) is 24.8 Å². The van der Waals surface area contributed by atoms with E-state index in [4.69, 9.17) is 9.84 Å². The molecule has 1 fully saturated rings. The molecule has 1 amide bonds. The van der Waals surface area contributed by atoms with Gasteiger partial charge in [0.15, 0.2) is 0 Å². The average molecular weight is 319 g/mol. The second kappa shape index (κ2) is 8.67. The molecular weight excluding hydrogens is 294 g/mol. The Morgan fingerprint density at radius 1 is 1.26 bits per heavy atom. The topological polar surface area (TPSA) is 75.6 Å². The number of amides is 1. The molecule has 2 rings (SSSR count). The lowest BCUT2D eigenvalue weighted by Crippen LogP contribution is -2.29. The van der Waals surface area contributed by atoms with Gasteiger partial charge in [-0.1, -0.05) is 30.3 Å². The summed E-state index contributed by atoms with van der Waals surface area (Å²) < 4.78 is 5.72. The van der Waals surface area contributed by atoms with Crippen molar-refractivity contribution in [2.45, 2.75) is 63.7 Å². The van der Waals surface area contributed by atoms with Gasteiger partial charge in [0.25, 0.3) is 0 Å². The van der Waals surface area contributed by atoms with Crippen LogP contribution in [0.25, 0.3) is 0 Å². The molecule has 3 unspecified atom stereocenters. The lowest BCUT2D eigenvalue weighted by molar-refractivity contribution is -0.137. The Hall–Kier alpha value is -1.88. The zero-order chi connectivity index (χ0) is 16.7. The fraction of sp³-hybridized carbons (Fsp3) is 0.556. The molecule has 1 heterocycles. The van der Waals surface area contributed by atoms with Crippen molar-refractivity contribution in [3.63, 3.8) is 0 Å². The van der Waals surface area contributed by atoms with Gasteiger partial charge in [0.1, 0.15) is 0 Å². The minimum absolute atomic E-state index is 0.0308. The lowest BCUT2D eigenvalue weighted by Gasteiger charge is -2.19. The molecule has 0 spiro atoms. The minimum Gasteiger partial charge on any atom is -0.481 e. The second-order valence-corrected chi connectivity index (χ2v) is 6.15. The molecule has 1 aliphatic heterocycles. The molecule has 1 aromatic carbocycles. The Labute approximate surface area is 137 Å². The fourth-order valence-corrected chi connectivity index (χ4v) is 2.93. The van der Waals surface area contributed by atoms with E-state index < -0.39 is 5.97 Å². The van der Waals surface area contributed by atoms with Crippen molar-refractivity contribution in [2.24, 2.45) is 0 Å². The van der Waals surface area contributed by atoms with Gasteiger partial charge in [0, 0.05) is 12.8 Å².